The van der Waals surface area contributed by atoms with Gasteiger partial charge in [0.2, 0.25) is 0 Å². The SMILES string of the molecule is C=C(CO)C1(O)CCC2C3CCC4CC(=O)CCC4(C)C3C(O)CC21C. The monoisotopic (exact) mass is 362 g/mol. The van der Waals surface area contributed by atoms with Crippen molar-refractivity contribution in [3.8, 4) is 0 Å². The Hall–Kier alpha value is -0.710. The Balaban J connectivity index is 1.70. The molecule has 4 nitrogen and oxygen atoms in total. The van der Waals surface area contributed by atoms with E-state index in [0.717, 1.165) is 25.7 Å². The van der Waals surface area contributed by atoms with Crippen molar-refractivity contribution in [2.75, 3.05) is 6.61 Å². The molecule has 4 fully saturated rings. The zero-order valence-electron chi connectivity index (χ0n) is 16.2. The van der Waals surface area contributed by atoms with Crippen LogP contribution in [0, 0.1) is 34.5 Å². The van der Waals surface area contributed by atoms with Gasteiger partial charge in [0, 0.05) is 18.3 Å². The molecular formula is C22H34O4. The average Bonchev–Trinajstić information content (AvgIpc) is 2.86. The van der Waals surface area contributed by atoms with Gasteiger partial charge in [-0.25, -0.2) is 0 Å². The Labute approximate surface area is 156 Å². The van der Waals surface area contributed by atoms with Crippen LogP contribution in [0.25, 0.3) is 0 Å². The summed E-state index contributed by atoms with van der Waals surface area (Å²) in [5, 5.41) is 32.4. The highest BCUT2D eigenvalue weighted by Crippen LogP contribution is 2.68. The number of ketones is 1. The minimum absolute atomic E-state index is 0.0340. The van der Waals surface area contributed by atoms with E-state index in [1.807, 2.05) is 0 Å². The number of aliphatic hydroxyl groups is 3. The van der Waals surface area contributed by atoms with Gasteiger partial charge in [0.15, 0.2) is 0 Å². The number of rotatable bonds is 2. The van der Waals surface area contributed by atoms with Gasteiger partial charge in [0.1, 0.15) is 5.78 Å². The van der Waals surface area contributed by atoms with Crippen LogP contribution in [0.15, 0.2) is 12.2 Å². The highest BCUT2D eigenvalue weighted by Gasteiger charge is 2.67. The molecule has 4 saturated carbocycles. The van der Waals surface area contributed by atoms with Gasteiger partial charge in [0.25, 0.3) is 0 Å². The summed E-state index contributed by atoms with van der Waals surface area (Å²) in [5.74, 6) is 1.74. The van der Waals surface area contributed by atoms with Gasteiger partial charge in [0.05, 0.1) is 18.3 Å². The standard InChI is InChI=1S/C22H34O4/c1-13(12-23)22(26)9-7-17-16-5-4-14-10-15(24)6-8-20(14,2)19(16)18(25)11-21(17,22)3/h14,16-19,23,25-26H,1,4-12H2,2-3H3. The lowest BCUT2D eigenvalue weighted by atomic mass is 9.43. The predicted octanol–water partition coefficient (Wildman–Crippen LogP) is 2.85. The van der Waals surface area contributed by atoms with Gasteiger partial charge in [-0.15, -0.1) is 0 Å². The third-order valence-corrected chi connectivity index (χ3v) is 9.34. The van der Waals surface area contributed by atoms with Crippen LogP contribution in [-0.4, -0.2) is 39.4 Å². The Morgan fingerprint density at radius 1 is 1.23 bits per heavy atom. The molecule has 0 aromatic rings. The van der Waals surface area contributed by atoms with E-state index in [2.05, 4.69) is 20.4 Å². The van der Waals surface area contributed by atoms with Crippen LogP contribution in [0.3, 0.4) is 0 Å². The van der Waals surface area contributed by atoms with E-state index >= 15 is 0 Å². The summed E-state index contributed by atoms with van der Waals surface area (Å²) in [6, 6.07) is 0. The number of carbonyl (C=O) groups excluding carboxylic acids is 1. The number of carbonyl (C=O) groups is 1. The van der Waals surface area contributed by atoms with Gasteiger partial charge in [-0.05, 0) is 73.2 Å². The van der Waals surface area contributed by atoms with E-state index in [1.165, 1.54) is 0 Å². The smallest absolute Gasteiger partial charge is 0.133 e. The summed E-state index contributed by atoms with van der Waals surface area (Å²) in [5.41, 5.74) is -0.984. The number of hydrogen-bond acceptors (Lipinski definition) is 4. The third kappa shape index (κ3) is 2.21. The zero-order valence-corrected chi connectivity index (χ0v) is 16.2. The number of aliphatic hydroxyl groups excluding tert-OH is 2. The van der Waals surface area contributed by atoms with E-state index in [4.69, 9.17) is 0 Å². The molecule has 0 saturated heterocycles. The maximum atomic E-state index is 12.0. The van der Waals surface area contributed by atoms with Crippen molar-refractivity contribution in [1.82, 2.24) is 0 Å². The Bertz CT molecular complexity index is 630. The van der Waals surface area contributed by atoms with E-state index in [0.29, 0.717) is 54.8 Å². The third-order valence-electron chi connectivity index (χ3n) is 9.34. The first-order valence-corrected chi connectivity index (χ1v) is 10.4. The summed E-state index contributed by atoms with van der Waals surface area (Å²) in [6.07, 6.45) is 5.98. The Morgan fingerprint density at radius 3 is 2.65 bits per heavy atom. The van der Waals surface area contributed by atoms with Crippen molar-refractivity contribution in [2.45, 2.75) is 76.9 Å². The van der Waals surface area contributed by atoms with E-state index in [-0.39, 0.29) is 17.9 Å². The molecule has 0 aromatic carbocycles. The van der Waals surface area contributed by atoms with Crippen molar-refractivity contribution >= 4 is 5.78 Å². The van der Waals surface area contributed by atoms with Crippen LogP contribution in [0.1, 0.15) is 65.2 Å². The summed E-state index contributed by atoms with van der Waals surface area (Å²) in [6.45, 7) is 8.16. The van der Waals surface area contributed by atoms with Crippen LogP contribution in [0.4, 0.5) is 0 Å². The number of Topliss-reactive ketones (excluding diaryl/α,β-unsaturated/α-hetero) is 1. The van der Waals surface area contributed by atoms with Crippen molar-refractivity contribution in [3.05, 3.63) is 12.2 Å². The van der Waals surface area contributed by atoms with Crippen LogP contribution in [0.2, 0.25) is 0 Å². The normalized spacial score (nSPS) is 53.6. The van der Waals surface area contributed by atoms with Crippen molar-refractivity contribution in [1.29, 1.82) is 0 Å². The van der Waals surface area contributed by atoms with Crippen molar-refractivity contribution < 1.29 is 20.1 Å². The fourth-order valence-corrected chi connectivity index (χ4v) is 7.89. The zero-order chi connectivity index (χ0) is 18.9. The molecule has 4 aliphatic carbocycles. The summed E-state index contributed by atoms with van der Waals surface area (Å²) in [7, 11) is 0. The molecule has 0 bridgehead atoms. The van der Waals surface area contributed by atoms with E-state index in [1.54, 1.807) is 0 Å². The van der Waals surface area contributed by atoms with E-state index in [9.17, 15) is 20.1 Å². The fraction of sp³-hybridized carbons (Fsp3) is 0.864. The molecule has 8 atom stereocenters. The van der Waals surface area contributed by atoms with Crippen molar-refractivity contribution in [3.63, 3.8) is 0 Å². The molecule has 0 amide bonds. The maximum Gasteiger partial charge on any atom is 0.133 e. The quantitative estimate of drug-likeness (QED) is 0.660. The van der Waals surface area contributed by atoms with Gasteiger partial charge < -0.3 is 15.3 Å². The summed E-state index contributed by atoms with van der Waals surface area (Å²) < 4.78 is 0. The highest BCUT2D eigenvalue weighted by atomic mass is 16.3. The summed E-state index contributed by atoms with van der Waals surface area (Å²) in [4.78, 5) is 12.0. The van der Waals surface area contributed by atoms with Gasteiger partial charge >= 0.3 is 0 Å². The van der Waals surface area contributed by atoms with Crippen LogP contribution in [-0.2, 0) is 4.79 Å². The largest absolute Gasteiger partial charge is 0.393 e. The molecule has 0 heterocycles. The summed E-state index contributed by atoms with van der Waals surface area (Å²) >= 11 is 0. The first kappa shape index (κ1) is 18.6. The minimum Gasteiger partial charge on any atom is -0.393 e. The molecule has 26 heavy (non-hydrogen) atoms. The van der Waals surface area contributed by atoms with Crippen LogP contribution >= 0.6 is 0 Å². The molecule has 0 radical (unpaired) electrons. The lowest BCUT2D eigenvalue weighted by molar-refractivity contribution is -0.190. The second-order valence-corrected chi connectivity index (χ2v) is 10.2. The lowest BCUT2D eigenvalue weighted by Gasteiger charge is -2.62. The molecule has 4 aliphatic rings. The van der Waals surface area contributed by atoms with Gasteiger partial charge in [-0.1, -0.05) is 20.4 Å². The van der Waals surface area contributed by atoms with Crippen molar-refractivity contribution in [2.24, 2.45) is 34.5 Å². The number of fused-ring (bicyclic) bond motifs is 5. The van der Waals surface area contributed by atoms with Gasteiger partial charge in [-0.2, -0.15) is 0 Å². The second-order valence-electron chi connectivity index (χ2n) is 10.2. The molecule has 146 valence electrons. The fourth-order valence-electron chi connectivity index (χ4n) is 7.89. The first-order valence-electron chi connectivity index (χ1n) is 10.4. The average molecular weight is 363 g/mol. The van der Waals surface area contributed by atoms with Gasteiger partial charge in [-0.3, -0.25) is 4.79 Å². The lowest BCUT2D eigenvalue weighted by Crippen LogP contribution is -2.61. The molecule has 8 unspecified atom stereocenters. The molecule has 4 rings (SSSR count). The predicted molar refractivity (Wildman–Crippen MR) is 99.3 cm³/mol. The highest BCUT2D eigenvalue weighted by molar-refractivity contribution is 5.79. The first-order chi connectivity index (χ1) is 12.2. The van der Waals surface area contributed by atoms with Crippen LogP contribution < -0.4 is 0 Å². The van der Waals surface area contributed by atoms with Crippen LogP contribution in [0.5, 0.6) is 0 Å². The Kier molecular flexibility index (Phi) is 4.22. The molecule has 0 spiro atoms. The Morgan fingerprint density at radius 2 is 1.96 bits per heavy atom. The minimum atomic E-state index is -1.08. The maximum absolute atomic E-state index is 12.0. The second kappa shape index (κ2) is 5.89. The topological polar surface area (TPSA) is 77.8 Å². The molecule has 3 N–H and O–H groups in total. The molecule has 0 aromatic heterocycles. The molecule has 0 aliphatic heterocycles. The molecular weight excluding hydrogens is 328 g/mol. The number of hydrogen-bond donors (Lipinski definition) is 3. The van der Waals surface area contributed by atoms with E-state index < -0.39 is 17.1 Å². The molecule has 4 heteroatoms.